The Kier molecular flexibility index (Phi) is 5.63. The first-order valence-electron chi connectivity index (χ1n) is 7.79. The van der Waals surface area contributed by atoms with Crippen LogP contribution in [0.4, 0.5) is 0 Å². The maximum Gasteiger partial charge on any atom is 0.244 e. The molecule has 1 aliphatic heterocycles. The Morgan fingerprint density at radius 1 is 1.44 bits per heavy atom. The summed E-state index contributed by atoms with van der Waals surface area (Å²) in [6, 6.07) is 7.78. The van der Waals surface area contributed by atoms with Crippen LogP contribution in [0.25, 0.3) is 6.08 Å². The molecule has 0 spiro atoms. The van der Waals surface area contributed by atoms with E-state index in [2.05, 4.69) is 16.3 Å². The predicted molar refractivity (Wildman–Crippen MR) is 100 cm³/mol. The van der Waals surface area contributed by atoms with Crippen molar-refractivity contribution in [2.24, 2.45) is 0 Å². The summed E-state index contributed by atoms with van der Waals surface area (Å²) in [6.07, 6.45) is 3.20. The fourth-order valence-electron chi connectivity index (χ4n) is 2.53. The van der Waals surface area contributed by atoms with Gasteiger partial charge in [-0.15, -0.1) is 11.3 Å². The molecule has 0 saturated carbocycles. The lowest BCUT2D eigenvalue weighted by Crippen LogP contribution is -2.33. The highest BCUT2D eigenvalue weighted by atomic mass is 35.5. The molecule has 0 bridgehead atoms. The zero-order valence-electron chi connectivity index (χ0n) is 14.0. The number of carbonyl (C=O) groups excluding carboxylic acids is 1. The molecule has 0 radical (unpaired) electrons. The molecule has 5 nitrogen and oxygen atoms in total. The van der Waals surface area contributed by atoms with Crippen LogP contribution in [0, 0.1) is 0 Å². The second-order valence-corrected chi connectivity index (χ2v) is 7.20. The van der Waals surface area contributed by atoms with Gasteiger partial charge in [-0.05, 0) is 49.3 Å². The smallest absolute Gasteiger partial charge is 0.244 e. The first-order valence-corrected chi connectivity index (χ1v) is 9.05. The van der Waals surface area contributed by atoms with Gasteiger partial charge in [0.15, 0.2) is 11.5 Å². The summed E-state index contributed by atoms with van der Waals surface area (Å²) in [5.74, 6) is 0.989. The first-order chi connectivity index (χ1) is 12.0. The molecule has 0 saturated heterocycles. The van der Waals surface area contributed by atoms with E-state index in [4.69, 9.17) is 21.1 Å². The number of likely N-dealkylation sites (N-methyl/N-ethyl adjacent to an activating group) is 1. The van der Waals surface area contributed by atoms with Crippen LogP contribution in [-0.2, 0) is 4.79 Å². The zero-order chi connectivity index (χ0) is 17.8. The van der Waals surface area contributed by atoms with Crippen molar-refractivity contribution in [3.63, 3.8) is 0 Å². The van der Waals surface area contributed by atoms with Gasteiger partial charge in [0, 0.05) is 17.5 Å². The standard InChI is InChI=1S/C18H19ClN2O3S/c1-21(2)14(16-4-3-7-25-16)10-20-17(22)6-5-12-8-13(19)18-15(9-12)23-11-24-18/h3-9,14H,10-11H2,1-2H3,(H,20,22)/b6-5+. The van der Waals surface area contributed by atoms with E-state index in [1.165, 1.54) is 11.0 Å². The molecule has 3 rings (SSSR count). The number of ether oxygens (including phenoxy) is 2. The summed E-state index contributed by atoms with van der Waals surface area (Å²) < 4.78 is 10.6. The van der Waals surface area contributed by atoms with Gasteiger partial charge in [0.05, 0.1) is 11.1 Å². The largest absolute Gasteiger partial charge is 0.454 e. The number of fused-ring (bicyclic) bond motifs is 1. The summed E-state index contributed by atoms with van der Waals surface area (Å²) >= 11 is 7.82. The lowest BCUT2D eigenvalue weighted by Gasteiger charge is -2.23. The van der Waals surface area contributed by atoms with Crippen molar-refractivity contribution in [3.05, 3.63) is 51.2 Å². The molecule has 132 valence electrons. The van der Waals surface area contributed by atoms with Crippen LogP contribution < -0.4 is 14.8 Å². The third-order valence-electron chi connectivity index (χ3n) is 3.84. The lowest BCUT2D eigenvalue weighted by atomic mass is 10.2. The molecule has 1 atom stereocenters. The summed E-state index contributed by atoms with van der Waals surface area (Å²) in [4.78, 5) is 15.4. The van der Waals surface area contributed by atoms with Crippen molar-refractivity contribution < 1.29 is 14.3 Å². The second kappa shape index (κ2) is 7.91. The Labute approximate surface area is 155 Å². The summed E-state index contributed by atoms with van der Waals surface area (Å²) in [6.45, 7) is 0.704. The van der Waals surface area contributed by atoms with Gasteiger partial charge in [0.1, 0.15) is 0 Å². The van der Waals surface area contributed by atoms with Gasteiger partial charge in [-0.1, -0.05) is 17.7 Å². The number of carbonyl (C=O) groups is 1. The van der Waals surface area contributed by atoms with Crippen molar-refractivity contribution in [3.8, 4) is 11.5 Å². The molecule has 1 aromatic carbocycles. The van der Waals surface area contributed by atoms with Crippen LogP contribution >= 0.6 is 22.9 Å². The summed E-state index contributed by atoms with van der Waals surface area (Å²) in [7, 11) is 4.00. The van der Waals surface area contributed by atoms with Crippen LogP contribution in [-0.4, -0.2) is 38.2 Å². The minimum atomic E-state index is -0.155. The maximum absolute atomic E-state index is 12.1. The van der Waals surface area contributed by atoms with Crippen molar-refractivity contribution in [1.82, 2.24) is 10.2 Å². The SMILES string of the molecule is CN(C)C(CNC(=O)/C=C/c1cc(Cl)c2c(c1)OCO2)c1cccs1. The first kappa shape index (κ1) is 17.8. The molecule has 1 amide bonds. The second-order valence-electron chi connectivity index (χ2n) is 5.81. The molecule has 2 heterocycles. The van der Waals surface area contributed by atoms with Gasteiger partial charge >= 0.3 is 0 Å². The number of halogens is 1. The molecule has 25 heavy (non-hydrogen) atoms. The normalized spacial score (nSPS) is 14.2. The number of nitrogens with one attached hydrogen (secondary N) is 1. The Morgan fingerprint density at radius 3 is 3.00 bits per heavy atom. The van der Waals surface area contributed by atoms with Crippen molar-refractivity contribution in [2.45, 2.75) is 6.04 Å². The molecule has 7 heteroatoms. The van der Waals surface area contributed by atoms with E-state index in [0.29, 0.717) is 23.1 Å². The highest BCUT2D eigenvalue weighted by molar-refractivity contribution is 7.10. The Bertz CT molecular complexity index is 775. The molecule has 0 fully saturated rings. The number of hydrogen-bond donors (Lipinski definition) is 1. The average molecular weight is 379 g/mol. The van der Waals surface area contributed by atoms with Gasteiger partial charge in [-0.25, -0.2) is 0 Å². The number of nitrogens with zero attached hydrogens (tertiary/aromatic N) is 1. The average Bonchev–Trinajstić information content (AvgIpc) is 3.24. The van der Waals surface area contributed by atoms with Crippen LogP contribution in [0.15, 0.2) is 35.7 Å². The third-order valence-corrected chi connectivity index (χ3v) is 5.10. The number of benzene rings is 1. The molecule has 2 aromatic rings. The monoisotopic (exact) mass is 378 g/mol. The van der Waals surface area contributed by atoms with E-state index in [9.17, 15) is 4.79 Å². The molecular formula is C18H19ClN2O3S. The topological polar surface area (TPSA) is 50.8 Å². The van der Waals surface area contributed by atoms with Crippen molar-refractivity contribution in [1.29, 1.82) is 0 Å². The molecule has 0 aliphatic carbocycles. The minimum absolute atomic E-state index is 0.150. The van der Waals surface area contributed by atoms with E-state index in [1.807, 2.05) is 25.5 Å². The van der Waals surface area contributed by atoms with Crippen LogP contribution in [0.5, 0.6) is 11.5 Å². The number of rotatable bonds is 6. The van der Waals surface area contributed by atoms with Gasteiger partial charge < -0.3 is 19.7 Å². The van der Waals surface area contributed by atoms with Crippen molar-refractivity contribution in [2.75, 3.05) is 27.4 Å². The highest BCUT2D eigenvalue weighted by Crippen LogP contribution is 2.40. The van der Waals surface area contributed by atoms with Crippen LogP contribution in [0.2, 0.25) is 5.02 Å². The Morgan fingerprint density at radius 2 is 2.28 bits per heavy atom. The van der Waals surface area contributed by atoms with Gasteiger partial charge in [-0.2, -0.15) is 0 Å². The van der Waals surface area contributed by atoms with E-state index in [0.717, 1.165) is 5.56 Å². The highest BCUT2D eigenvalue weighted by Gasteiger charge is 2.18. The predicted octanol–water partition coefficient (Wildman–Crippen LogP) is 3.56. The molecule has 1 aromatic heterocycles. The number of amides is 1. The summed E-state index contributed by atoms with van der Waals surface area (Å²) in [5.41, 5.74) is 0.784. The van der Waals surface area contributed by atoms with Crippen LogP contribution in [0.1, 0.15) is 16.5 Å². The van der Waals surface area contributed by atoms with Gasteiger partial charge in [-0.3, -0.25) is 4.79 Å². The minimum Gasteiger partial charge on any atom is -0.454 e. The Hall–Kier alpha value is -2.02. The molecule has 1 unspecified atom stereocenters. The van der Waals surface area contributed by atoms with Crippen LogP contribution in [0.3, 0.4) is 0 Å². The van der Waals surface area contributed by atoms with E-state index in [-0.39, 0.29) is 18.7 Å². The Balaban J connectivity index is 1.61. The lowest BCUT2D eigenvalue weighted by molar-refractivity contribution is -0.116. The molecular weight excluding hydrogens is 360 g/mol. The van der Waals surface area contributed by atoms with Gasteiger partial charge in [0.2, 0.25) is 12.7 Å². The van der Waals surface area contributed by atoms with E-state index < -0.39 is 0 Å². The fourth-order valence-corrected chi connectivity index (χ4v) is 3.73. The number of hydrogen-bond acceptors (Lipinski definition) is 5. The van der Waals surface area contributed by atoms with E-state index in [1.54, 1.807) is 29.5 Å². The van der Waals surface area contributed by atoms with Gasteiger partial charge in [0.25, 0.3) is 0 Å². The fraction of sp³-hybridized carbons (Fsp3) is 0.278. The zero-order valence-corrected chi connectivity index (χ0v) is 15.6. The van der Waals surface area contributed by atoms with E-state index >= 15 is 0 Å². The number of thiophene rings is 1. The molecule has 1 N–H and O–H groups in total. The maximum atomic E-state index is 12.1. The summed E-state index contributed by atoms with van der Waals surface area (Å²) in [5, 5.41) is 5.45. The molecule has 1 aliphatic rings. The quantitative estimate of drug-likeness (QED) is 0.781. The third kappa shape index (κ3) is 4.34. The van der Waals surface area contributed by atoms with Crippen molar-refractivity contribution >= 4 is 34.9 Å².